The molecule has 1 aliphatic heterocycles. The minimum absolute atomic E-state index is 0.0813. The third-order valence-corrected chi connectivity index (χ3v) is 5.28. The van der Waals surface area contributed by atoms with E-state index in [1.807, 2.05) is 24.3 Å². The lowest BCUT2D eigenvalue weighted by atomic mass is 10.0. The first-order valence-corrected chi connectivity index (χ1v) is 9.78. The van der Waals surface area contributed by atoms with Crippen molar-refractivity contribution in [3.8, 4) is 0 Å². The van der Waals surface area contributed by atoms with Gasteiger partial charge in [-0.1, -0.05) is 11.8 Å². The maximum Gasteiger partial charge on any atom is 0.328 e. The summed E-state index contributed by atoms with van der Waals surface area (Å²) in [6.07, 6.45) is 2.49. The fraction of sp³-hybridized carbons (Fsp3) is 0.588. The summed E-state index contributed by atoms with van der Waals surface area (Å²) >= 11 is 1.31. The van der Waals surface area contributed by atoms with E-state index in [4.69, 9.17) is 4.74 Å². The number of ether oxygens (including phenoxy) is 1. The van der Waals surface area contributed by atoms with E-state index < -0.39 is 6.04 Å². The summed E-state index contributed by atoms with van der Waals surface area (Å²) in [5.41, 5.74) is 1.84. The first kappa shape index (κ1) is 18.6. The molecule has 0 saturated carbocycles. The molecule has 2 aromatic rings. The monoisotopic (exact) mass is 377 g/mol. The number of carbonyl (C=O) groups excluding carboxylic acids is 2. The van der Waals surface area contributed by atoms with Gasteiger partial charge in [0.1, 0.15) is 6.04 Å². The first-order chi connectivity index (χ1) is 12.5. The zero-order valence-corrected chi connectivity index (χ0v) is 16.1. The Morgan fingerprint density at radius 1 is 1.31 bits per heavy atom. The molecule has 9 heteroatoms. The molecule has 1 amide bonds. The molecule has 1 atom stereocenters. The lowest BCUT2D eigenvalue weighted by molar-refractivity contribution is -0.155. The zero-order valence-electron chi connectivity index (χ0n) is 15.3. The summed E-state index contributed by atoms with van der Waals surface area (Å²) in [5.74, 6) is 0.334. The number of piperidine rings is 1. The van der Waals surface area contributed by atoms with Crippen LogP contribution in [0.5, 0.6) is 0 Å². The van der Waals surface area contributed by atoms with E-state index in [1.54, 1.807) is 11.8 Å². The first-order valence-electron chi connectivity index (χ1n) is 8.79. The van der Waals surface area contributed by atoms with Crippen LogP contribution in [-0.4, -0.2) is 61.3 Å². The van der Waals surface area contributed by atoms with Crippen LogP contribution in [0.2, 0.25) is 0 Å². The molecular weight excluding hydrogens is 354 g/mol. The quantitative estimate of drug-likeness (QED) is 0.579. The molecule has 0 spiro atoms. The molecule has 140 valence electrons. The molecule has 0 N–H and O–H groups in total. The Labute approximate surface area is 156 Å². The van der Waals surface area contributed by atoms with Crippen LogP contribution in [0.25, 0.3) is 5.78 Å². The largest absolute Gasteiger partial charge is 0.464 e. The molecule has 0 bridgehead atoms. The molecule has 3 heterocycles. The average Bonchev–Trinajstić information content (AvgIpc) is 3.03. The number of aryl methyl sites for hydroxylation is 2. The normalized spacial score (nSPS) is 17.5. The second-order valence-corrected chi connectivity index (χ2v) is 7.24. The summed E-state index contributed by atoms with van der Waals surface area (Å²) in [6.45, 7) is 6.55. The number of nitrogens with zero attached hydrogens (tertiary/aromatic N) is 5. The number of thioether (sulfide) groups is 1. The van der Waals surface area contributed by atoms with Gasteiger partial charge >= 0.3 is 5.97 Å². The summed E-state index contributed by atoms with van der Waals surface area (Å²) in [6, 6.07) is 1.47. The highest BCUT2D eigenvalue weighted by atomic mass is 32.2. The number of amides is 1. The lowest BCUT2D eigenvalue weighted by Gasteiger charge is -2.33. The zero-order chi connectivity index (χ0) is 18.7. The van der Waals surface area contributed by atoms with E-state index in [0.717, 1.165) is 24.2 Å². The van der Waals surface area contributed by atoms with Crippen LogP contribution < -0.4 is 0 Å². The number of hydrogen-bond donors (Lipinski definition) is 0. The summed E-state index contributed by atoms with van der Waals surface area (Å²) < 4.78 is 6.96. The van der Waals surface area contributed by atoms with Gasteiger partial charge in [0.05, 0.1) is 12.4 Å². The standard InChI is InChI=1S/C17H23N5O3S/c1-4-25-15(24)13-7-5-6-8-21(13)14(23)10-26-17-20-19-16-18-11(2)9-12(3)22(16)17/h9,13H,4-8,10H2,1-3H3/t13-/m1/s1. The average molecular weight is 377 g/mol. The highest BCUT2D eigenvalue weighted by Crippen LogP contribution is 2.23. The molecular formula is C17H23N5O3S. The highest BCUT2D eigenvalue weighted by molar-refractivity contribution is 7.99. The number of esters is 1. The molecule has 1 aliphatic rings. The van der Waals surface area contributed by atoms with Gasteiger partial charge in [-0.25, -0.2) is 9.78 Å². The summed E-state index contributed by atoms with van der Waals surface area (Å²) in [7, 11) is 0. The van der Waals surface area contributed by atoms with Crippen LogP contribution in [0.4, 0.5) is 0 Å². The summed E-state index contributed by atoms with van der Waals surface area (Å²) in [4.78, 5) is 30.8. The maximum absolute atomic E-state index is 12.7. The number of aromatic nitrogens is 4. The Balaban J connectivity index is 1.71. The van der Waals surface area contributed by atoms with Gasteiger partial charge in [0.2, 0.25) is 5.91 Å². The number of likely N-dealkylation sites (tertiary alicyclic amines) is 1. The molecule has 1 fully saturated rings. The molecule has 3 rings (SSSR count). The van der Waals surface area contributed by atoms with Crippen molar-refractivity contribution in [1.29, 1.82) is 0 Å². The third kappa shape index (κ3) is 3.82. The van der Waals surface area contributed by atoms with E-state index in [-0.39, 0.29) is 17.6 Å². The van der Waals surface area contributed by atoms with Crippen molar-refractivity contribution in [2.75, 3.05) is 18.9 Å². The fourth-order valence-electron chi connectivity index (χ4n) is 3.22. The van der Waals surface area contributed by atoms with Crippen LogP contribution in [0.1, 0.15) is 37.6 Å². The van der Waals surface area contributed by atoms with Crippen LogP contribution in [0, 0.1) is 13.8 Å². The van der Waals surface area contributed by atoms with E-state index >= 15 is 0 Å². The SMILES string of the molecule is CCOC(=O)[C@H]1CCCCN1C(=O)CSc1nnc2nc(C)cc(C)n12. The van der Waals surface area contributed by atoms with Gasteiger partial charge in [-0.05, 0) is 46.1 Å². The van der Waals surface area contributed by atoms with Crippen molar-refractivity contribution in [1.82, 2.24) is 24.5 Å². The van der Waals surface area contributed by atoms with E-state index in [0.29, 0.717) is 30.5 Å². The topological polar surface area (TPSA) is 89.7 Å². The second-order valence-electron chi connectivity index (χ2n) is 6.30. The van der Waals surface area contributed by atoms with Gasteiger partial charge in [0.25, 0.3) is 5.78 Å². The van der Waals surface area contributed by atoms with Crippen molar-refractivity contribution in [3.63, 3.8) is 0 Å². The van der Waals surface area contributed by atoms with Crippen LogP contribution in [0.15, 0.2) is 11.2 Å². The minimum Gasteiger partial charge on any atom is -0.464 e. The Bertz CT molecular complexity index is 822. The molecule has 0 unspecified atom stereocenters. The Hall–Kier alpha value is -2.16. The molecule has 0 aliphatic carbocycles. The van der Waals surface area contributed by atoms with Crippen molar-refractivity contribution in [2.45, 2.75) is 51.2 Å². The Morgan fingerprint density at radius 2 is 2.12 bits per heavy atom. The number of carbonyl (C=O) groups is 2. The molecule has 2 aromatic heterocycles. The lowest BCUT2D eigenvalue weighted by Crippen LogP contribution is -2.49. The van der Waals surface area contributed by atoms with Gasteiger partial charge in [0, 0.05) is 17.9 Å². The van der Waals surface area contributed by atoms with Crippen LogP contribution in [0.3, 0.4) is 0 Å². The third-order valence-electron chi connectivity index (χ3n) is 4.37. The second kappa shape index (κ2) is 8.03. The fourth-order valence-corrected chi connectivity index (χ4v) is 4.09. The van der Waals surface area contributed by atoms with Crippen molar-refractivity contribution >= 4 is 29.4 Å². The number of rotatable bonds is 5. The molecule has 26 heavy (non-hydrogen) atoms. The molecule has 1 saturated heterocycles. The molecule has 0 radical (unpaired) electrons. The van der Waals surface area contributed by atoms with E-state index in [1.165, 1.54) is 11.8 Å². The van der Waals surface area contributed by atoms with Gasteiger partial charge in [-0.2, -0.15) is 0 Å². The van der Waals surface area contributed by atoms with E-state index in [9.17, 15) is 9.59 Å². The predicted molar refractivity (Wildman–Crippen MR) is 97.0 cm³/mol. The highest BCUT2D eigenvalue weighted by Gasteiger charge is 2.33. The smallest absolute Gasteiger partial charge is 0.328 e. The number of fused-ring (bicyclic) bond motifs is 1. The predicted octanol–water partition coefficient (Wildman–Crippen LogP) is 1.78. The minimum atomic E-state index is -0.474. The van der Waals surface area contributed by atoms with Gasteiger partial charge < -0.3 is 9.64 Å². The van der Waals surface area contributed by atoms with Gasteiger partial charge in [0.15, 0.2) is 5.16 Å². The Morgan fingerprint density at radius 3 is 2.88 bits per heavy atom. The van der Waals surface area contributed by atoms with Crippen molar-refractivity contribution in [2.24, 2.45) is 0 Å². The van der Waals surface area contributed by atoms with Crippen LogP contribution in [-0.2, 0) is 14.3 Å². The molecule has 0 aromatic carbocycles. The maximum atomic E-state index is 12.7. The van der Waals surface area contributed by atoms with E-state index in [2.05, 4.69) is 15.2 Å². The molecule has 8 nitrogen and oxygen atoms in total. The van der Waals surface area contributed by atoms with Crippen molar-refractivity contribution in [3.05, 3.63) is 17.5 Å². The van der Waals surface area contributed by atoms with Crippen LogP contribution >= 0.6 is 11.8 Å². The van der Waals surface area contributed by atoms with Gasteiger partial charge in [-0.3, -0.25) is 9.20 Å². The Kier molecular flexibility index (Phi) is 5.75. The summed E-state index contributed by atoms with van der Waals surface area (Å²) in [5, 5.41) is 8.86. The van der Waals surface area contributed by atoms with Crippen molar-refractivity contribution < 1.29 is 14.3 Å². The van der Waals surface area contributed by atoms with Gasteiger partial charge in [-0.15, -0.1) is 10.2 Å². The number of hydrogen-bond acceptors (Lipinski definition) is 7.